The Morgan fingerprint density at radius 1 is 1.15 bits per heavy atom. The molecule has 0 radical (unpaired) electrons. The van der Waals surface area contributed by atoms with Crippen LogP contribution in [0.4, 0.5) is 14.9 Å². The minimum Gasteiger partial charge on any atom is -0.444 e. The van der Waals surface area contributed by atoms with Crippen LogP contribution in [-0.4, -0.2) is 57.1 Å². The number of alkyl halides is 1. The van der Waals surface area contributed by atoms with Crippen LogP contribution >= 0.6 is 11.6 Å². The molecule has 8 nitrogen and oxygen atoms in total. The number of hydrogen-bond donors (Lipinski definition) is 4. The Balaban J connectivity index is 1.67. The number of ether oxygens (including phenoxy) is 1. The Bertz CT molecular complexity index is 904. The van der Waals surface area contributed by atoms with Gasteiger partial charge >= 0.3 is 6.09 Å². The molecule has 0 aliphatic heterocycles. The molecule has 34 heavy (non-hydrogen) atoms. The summed E-state index contributed by atoms with van der Waals surface area (Å²) >= 11 is 6.12. The first-order valence-corrected chi connectivity index (χ1v) is 12.1. The standard InChI is InChI=1S/C24H36ClFN4O4/c1-21(2,3)34-20(32)30-24-9-6-23(7-10-24,8-11-24)29-16-12-18(25)27-13-15(16)19(31)28-14-17(26)22(4,5)33/h12-13,17,33H,6-11,14H2,1-5H3,(H,27,29)(H,28,31)(H,30,32). The Morgan fingerprint density at radius 3 is 2.24 bits per heavy atom. The van der Waals surface area contributed by atoms with E-state index in [-0.39, 0.29) is 28.3 Å². The number of pyridine rings is 1. The van der Waals surface area contributed by atoms with E-state index in [4.69, 9.17) is 16.3 Å². The van der Waals surface area contributed by atoms with E-state index in [1.165, 1.54) is 20.0 Å². The largest absolute Gasteiger partial charge is 0.444 e. The normalized spacial score (nSPS) is 25.4. The van der Waals surface area contributed by atoms with Crippen molar-refractivity contribution >= 4 is 29.3 Å². The van der Waals surface area contributed by atoms with Crippen molar-refractivity contribution in [2.24, 2.45) is 0 Å². The Labute approximate surface area is 205 Å². The molecule has 3 aliphatic rings. The van der Waals surface area contributed by atoms with E-state index in [1.54, 1.807) is 6.07 Å². The van der Waals surface area contributed by atoms with E-state index in [0.29, 0.717) is 5.69 Å². The molecule has 1 aromatic heterocycles. The molecule has 4 N–H and O–H groups in total. The third-order valence-corrected chi connectivity index (χ3v) is 6.94. The van der Waals surface area contributed by atoms with Gasteiger partial charge in [0.1, 0.15) is 16.9 Å². The van der Waals surface area contributed by atoms with Gasteiger partial charge in [0.25, 0.3) is 5.91 Å². The van der Waals surface area contributed by atoms with E-state index >= 15 is 0 Å². The van der Waals surface area contributed by atoms with Crippen LogP contribution in [0.2, 0.25) is 5.15 Å². The van der Waals surface area contributed by atoms with Crippen molar-refractivity contribution < 1.29 is 23.8 Å². The highest BCUT2D eigenvalue weighted by Crippen LogP contribution is 2.48. The van der Waals surface area contributed by atoms with Gasteiger partial charge in [-0.15, -0.1) is 0 Å². The minimum absolute atomic E-state index is 0.239. The van der Waals surface area contributed by atoms with E-state index in [2.05, 4.69) is 20.9 Å². The van der Waals surface area contributed by atoms with Crippen molar-refractivity contribution in [3.8, 4) is 0 Å². The molecule has 10 heteroatoms. The van der Waals surface area contributed by atoms with Crippen molar-refractivity contribution in [3.05, 3.63) is 23.0 Å². The van der Waals surface area contributed by atoms with E-state index in [1.807, 2.05) is 20.8 Å². The second-order valence-electron chi connectivity index (χ2n) is 11.2. The Kier molecular flexibility index (Phi) is 7.39. The summed E-state index contributed by atoms with van der Waals surface area (Å²) in [5.41, 5.74) is -1.85. The fourth-order valence-corrected chi connectivity index (χ4v) is 4.77. The number of nitrogens with zero attached hydrogens (tertiary/aromatic N) is 1. The SMILES string of the molecule is CC(C)(C)OC(=O)NC12CCC(Nc3cc(Cl)ncc3C(=O)NCC(F)C(C)(C)O)(CC1)CC2. The van der Waals surface area contributed by atoms with Gasteiger partial charge in [-0.3, -0.25) is 4.79 Å². The van der Waals surface area contributed by atoms with Crippen LogP contribution < -0.4 is 16.0 Å². The number of alkyl carbamates (subject to hydrolysis) is 1. The van der Waals surface area contributed by atoms with Crippen LogP contribution in [0.5, 0.6) is 0 Å². The number of rotatable bonds is 7. The van der Waals surface area contributed by atoms with Gasteiger partial charge in [0.2, 0.25) is 0 Å². The summed E-state index contributed by atoms with van der Waals surface area (Å²) in [6.07, 6.45) is 4.12. The molecular weight excluding hydrogens is 463 g/mol. The molecule has 3 aliphatic carbocycles. The Morgan fingerprint density at radius 2 is 1.71 bits per heavy atom. The zero-order chi connectivity index (χ0) is 25.4. The molecular formula is C24H36ClFN4O4. The second-order valence-corrected chi connectivity index (χ2v) is 11.6. The molecule has 2 amide bonds. The molecule has 190 valence electrons. The van der Waals surface area contributed by atoms with Gasteiger partial charge in [0.05, 0.1) is 23.4 Å². The first-order valence-electron chi connectivity index (χ1n) is 11.7. The number of anilines is 1. The topological polar surface area (TPSA) is 113 Å². The summed E-state index contributed by atoms with van der Waals surface area (Å²) < 4.78 is 19.6. The third kappa shape index (κ3) is 6.50. The van der Waals surface area contributed by atoms with Gasteiger partial charge in [-0.1, -0.05) is 11.6 Å². The van der Waals surface area contributed by atoms with E-state index in [9.17, 15) is 19.1 Å². The number of hydrogen-bond acceptors (Lipinski definition) is 6. The predicted octanol–water partition coefficient (Wildman–Crippen LogP) is 4.36. The molecule has 4 rings (SSSR count). The third-order valence-electron chi connectivity index (χ3n) is 6.74. The lowest BCUT2D eigenvalue weighted by molar-refractivity contribution is -0.00179. The van der Waals surface area contributed by atoms with Crippen molar-refractivity contribution in [1.29, 1.82) is 0 Å². The van der Waals surface area contributed by atoms with Crippen molar-refractivity contribution in [1.82, 2.24) is 15.6 Å². The van der Waals surface area contributed by atoms with Crippen molar-refractivity contribution in [2.75, 3.05) is 11.9 Å². The molecule has 1 unspecified atom stereocenters. The molecule has 2 bridgehead atoms. The maximum atomic E-state index is 14.1. The summed E-state index contributed by atoms with van der Waals surface area (Å²) in [5, 5.41) is 19.2. The Hall–Kier alpha value is -2.13. The molecule has 0 aromatic carbocycles. The van der Waals surface area contributed by atoms with Crippen LogP contribution in [0.1, 0.15) is 83.5 Å². The van der Waals surface area contributed by atoms with Crippen molar-refractivity contribution in [3.63, 3.8) is 0 Å². The number of amides is 2. The predicted molar refractivity (Wildman–Crippen MR) is 129 cm³/mol. The van der Waals surface area contributed by atoms with E-state index in [0.717, 1.165) is 38.5 Å². The van der Waals surface area contributed by atoms with Gasteiger partial charge in [0.15, 0.2) is 0 Å². The average molecular weight is 499 g/mol. The number of halogens is 2. The van der Waals surface area contributed by atoms with Gasteiger partial charge in [-0.05, 0) is 79.2 Å². The molecule has 1 heterocycles. The lowest BCUT2D eigenvalue weighted by Crippen LogP contribution is -2.61. The van der Waals surface area contributed by atoms with Gasteiger partial charge in [-0.25, -0.2) is 14.2 Å². The number of aromatic nitrogens is 1. The fraction of sp³-hybridized carbons (Fsp3) is 0.708. The number of aliphatic hydroxyl groups is 1. The minimum atomic E-state index is -1.62. The van der Waals surface area contributed by atoms with Crippen LogP contribution in [-0.2, 0) is 4.74 Å². The second kappa shape index (κ2) is 9.49. The summed E-state index contributed by atoms with van der Waals surface area (Å²) in [7, 11) is 0. The van der Waals surface area contributed by atoms with Crippen molar-refractivity contribution in [2.45, 2.75) is 102 Å². The number of nitrogens with one attached hydrogen (secondary N) is 3. The number of carbonyl (C=O) groups excluding carboxylic acids is 2. The van der Waals surface area contributed by atoms with Gasteiger partial charge < -0.3 is 25.8 Å². The van der Waals surface area contributed by atoms with Crippen LogP contribution in [0, 0.1) is 0 Å². The molecule has 1 atom stereocenters. The monoisotopic (exact) mass is 498 g/mol. The molecule has 3 fully saturated rings. The zero-order valence-electron chi connectivity index (χ0n) is 20.6. The quantitative estimate of drug-likeness (QED) is 0.415. The van der Waals surface area contributed by atoms with Gasteiger partial charge in [-0.2, -0.15) is 0 Å². The summed E-state index contributed by atoms with van der Waals surface area (Å²) in [5.74, 6) is -0.498. The first kappa shape index (κ1) is 26.5. The molecule has 1 aromatic rings. The lowest BCUT2D eigenvalue weighted by Gasteiger charge is -2.54. The van der Waals surface area contributed by atoms with Crippen LogP contribution in [0.3, 0.4) is 0 Å². The lowest BCUT2D eigenvalue weighted by atomic mass is 9.61. The highest BCUT2D eigenvalue weighted by atomic mass is 35.5. The average Bonchev–Trinajstić information content (AvgIpc) is 2.71. The molecule has 0 spiro atoms. The summed E-state index contributed by atoms with van der Waals surface area (Å²) in [4.78, 5) is 29.2. The number of fused-ring (bicyclic) bond motifs is 3. The summed E-state index contributed by atoms with van der Waals surface area (Å²) in [6.45, 7) is 7.90. The first-order chi connectivity index (χ1) is 15.6. The van der Waals surface area contributed by atoms with Crippen LogP contribution in [0.15, 0.2) is 12.3 Å². The summed E-state index contributed by atoms with van der Waals surface area (Å²) in [6, 6.07) is 1.60. The van der Waals surface area contributed by atoms with Crippen LogP contribution in [0.25, 0.3) is 0 Å². The fourth-order valence-electron chi connectivity index (χ4n) is 4.61. The van der Waals surface area contributed by atoms with E-state index < -0.39 is 29.4 Å². The molecule has 3 saturated carbocycles. The van der Waals surface area contributed by atoms with Gasteiger partial charge in [0, 0.05) is 17.3 Å². The highest BCUT2D eigenvalue weighted by Gasteiger charge is 2.50. The highest BCUT2D eigenvalue weighted by molar-refractivity contribution is 6.29. The maximum absolute atomic E-state index is 14.1. The maximum Gasteiger partial charge on any atom is 0.408 e. The molecule has 0 saturated heterocycles. The smallest absolute Gasteiger partial charge is 0.408 e. The number of carbonyl (C=O) groups is 2. The zero-order valence-corrected chi connectivity index (χ0v) is 21.3.